The normalized spacial score (nSPS) is 17.8. The van der Waals surface area contributed by atoms with Gasteiger partial charge < -0.3 is 20.9 Å². The Labute approximate surface area is 239 Å². The molecule has 0 saturated carbocycles. The van der Waals surface area contributed by atoms with Gasteiger partial charge in [0.05, 0.1) is 17.3 Å². The van der Waals surface area contributed by atoms with Crippen LogP contribution in [0.25, 0.3) is 22.2 Å². The average molecular weight is 607 g/mol. The number of nitrogens with zero attached hydrogens (tertiary/aromatic N) is 2. The van der Waals surface area contributed by atoms with E-state index in [4.69, 9.17) is 22.1 Å². The molecule has 2 amide bonds. The van der Waals surface area contributed by atoms with Gasteiger partial charge in [-0.05, 0) is 55.5 Å². The second-order valence-electron chi connectivity index (χ2n) is 9.95. The molecule has 0 radical (unpaired) electrons. The number of benzene rings is 2. The van der Waals surface area contributed by atoms with Gasteiger partial charge in [-0.15, -0.1) is 0 Å². The molecule has 8 nitrogen and oxygen atoms in total. The van der Waals surface area contributed by atoms with Crippen LogP contribution in [0.3, 0.4) is 0 Å². The zero-order valence-electron chi connectivity index (χ0n) is 21.5. The first kappa shape index (κ1) is 29.1. The number of hydrogen-bond acceptors (Lipinski definition) is 6. The highest BCUT2D eigenvalue weighted by atomic mass is 35.5. The van der Waals surface area contributed by atoms with E-state index < -0.39 is 52.9 Å². The van der Waals surface area contributed by atoms with Gasteiger partial charge in [-0.3, -0.25) is 14.6 Å². The van der Waals surface area contributed by atoms with Gasteiger partial charge in [-0.1, -0.05) is 11.6 Å². The van der Waals surface area contributed by atoms with E-state index in [0.29, 0.717) is 0 Å². The summed E-state index contributed by atoms with van der Waals surface area (Å²) in [7, 11) is 0. The predicted molar refractivity (Wildman–Crippen MR) is 141 cm³/mol. The Balaban J connectivity index is 1.59. The van der Waals surface area contributed by atoms with Crippen LogP contribution < -0.4 is 15.8 Å². The van der Waals surface area contributed by atoms with Crippen molar-refractivity contribution in [2.24, 2.45) is 5.73 Å². The molecule has 14 heteroatoms. The van der Waals surface area contributed by atoms with E-state index in [1.165, 1.54) is 37.4 Å². The van der Waals surface area contributed by atoms with Crippen molar-refractivity contribution in [2.45, 2.75) is 24.1 Å². The lowest BCUT2D eigenvalue weighted by Gasteiger charge is -2.31. The number of halogens is 6. The molecule has 3 heterocycles. The lowest BCUT2D eigenvalue weighted by atomic mass is 9.81. The Kier molecular flexibility index (Phi) is 7.06. The lowest BCUT2D eigenvalue weighted by molar-refractivity contribution is -0.265. The van der Waals surface area contributed by atoms with Crippen LogP contribution in [0, 0.1) is 11.6 Å². The highest BCUT2D eigenvalue weighted by Gasteiger charge is 2.57. The minimum absolute atomic E-state index is 0.0703. The van der Waals surface area contributed by atoms with Crippen molar-refractivity contribution in [3.05, 3.63) is 88.2 Å². The van der Waals surface area contributed by atoms with Crippen LogP contribution in [0.15, 0.2) is 54.7 Å². The highest BCUT2D eigenvalue weighted by Crippen LogP contribution is 2.47. The number of aliphatic hydroxyl groups is 1. The van der Waals surface area contributed by atoms with E-state index in [1.54, 1.807) is 0 Å². The third kappa shape index (κ3) is 4.88. The molecule has 42 heavy (non-hydrogen) atoms. The minimum Gasteiger partial charge on any atom is -0.489 e. The number of amides is 2. The summed E-state index contributed by atoms with van der Waals surface area (Å²) in [5, 5.41) is 13.4. The molecule has 2 aromatic heterocycles. The molecule has 0 spiro atoms. The van der Waals surface area contributed by atoms with Gasteiger partial charge >= 0.3 is 6.18 Å². The smallest absolute Gasteiger partial charge is 0.424 e. The summed E-state index contributed by atoms with van der Waals surface area (Å²) in [6.07, 6.45) is -4.23. The summed E-state index contributed by atoms with van der Waals surface area (Å²) in [5.74, 6) is -3.69. The fraction of sp³-hybridized carbons (Fsp3) is 0.214. The summed E-state index contributed by atoms with van der Waals surface area (Å²) in [6, 6.07) is 8.65. The molecular weight excluding hydrogens is 587 g/mol. The van der Waals surface area contributed by atoms with E-state index >= 15 is 0 Å². The zero-order chi connectivity index (χ0) is 30.6. The Morgan fingerprint density at radius 2 is 1.83 bits per heavy atom. The van der Waals surface area contributed by atoms with Crippen LogP contribution in [0.1, 0.15) is 28.5 Å². The highest BCUT2D eigenvalue weighted by molar-refractivity contribution is 6.31. The van der Waals surface area contributed by atoms with E-state index in [0.717, 1.165) is 24.3 Å². The Hall–Kier alpha value is -4.36. The maximum atomic E-state index is 14.6. The van der Waals surface area contributed by atoms with Crippen molar-refractivity contribution >= 4 is 34.3 Å². The molecule has 5 rings (SSSR count). The van der Waals surface area contributed by atoms with Crippen molar-refractivity contribution in [3.8, 4) is 17.0 Å². The number of fused-ring (bicyclic) bond motifs is 2. The van der Waals surface area contributed by atoms with Gasteiger partial charge in [-0.2, -0.15) is 13.2 Å². The van der Waals surface area contributed by atoms with Crippen molar-refractivity contribution in [1.82, 2.24) is 15.3 Å². The van der Waals surface area contributed by atoms with Gasteiger partial charge in [0.25, 0.3) is 5.91 Å². The van der Waals surface area contributed by atoms with Crippen LogP contribution in [-0.2, 0) is 15.8 Å². The number of nitrogens with two attached hydrogens (primary N) is 1. The maximum absolute atomic E-state index is 14.6. The number of alkyl halides is 3. The summed E-state index contributed by atoms with van der Waals surface area (Å²) >= 11 is 5.88. The van der Waals surface area contributed by atoms with Crippen LogP contribution >= 0.6 is 11.6 Å². The quantitative estimate of drug-likeness (QED) is 0.277. The summed E-state index contributed by atoms with van der Waals surface area (Å²) in [6.45, 7) is -0.431. The number of hydrogen-bond donors (Lipinski definition) is 3. The van der Waals surface area contributed by atoms with Gasteiger partial charge in [0.1, 0.15) is 40.6 Å². The number of primary amides is 1. The van der Waals surface area contributed by atoms with Crippen LogP contribution in [-0.4, -0.2) is 46.2 Å². The van der Waals surface area contributed by atoms with Crippen LogP contribution in [0.4, 0.5) is 22.0 Å². The van der Waals surface area contributed by atoms with E-state index in [-0.39, 0.29) is 50.7 Å². The number of pyridine rings is 2. The van der Waals surface area contributed by atoms with E-state index in [9.17, 15) is 36.6 Å². The van der Waals surface area contributed by atoms with Crippen LogP contribution in [0.2, 0.25) is 5.02 Å². The Bertz CT molecular complexity index is 1750. The molecule has 0 bridgehead atoms. The van der Waals surface area contributed by atoms with Gasteiger partial charge in [0, 0.05) is 28.3 Å². The molecule has 218 valence electrons. The molecule has 4 N–H and O–H groups in total. The predicted octanol–water partition coefficient (Wildman–Crippen LogP) is 4.54. The van der Waals surface area contributed by atoms with E-state index in [1.807, 2.05) is 5.32 Å². The molecular formula is C28H20ClF5N4O4. The monoisotopic (exact) mass is 606 g/mol. The van der Waals surface area contributed by atoms with E-state index in [2.05, 4.69) is 9.97 Å². The molecule has 2 atom stereocenters. The fourth-order valence-corrected chi connectivity index (χ4v) is 4.72. The number of ether oxygens (including phenoxy) is 1. The lowest BCUT2D eigenvalue weighted by Crippen LogP contribution is -2.51. The molecule has 4 aromatic rings. The SMILES string of the molecule is CC1(C(N)=O)COc2c1cc(C(O)(CNC(=O)c1cc(F)c3ncc(Cl)cc3c1)C(F)(F)F)nc2-c1ccc(F)cc1. The molecule has 0 fully saturated rings. The number of carbonyl (C=O) groups is 2. The van der Waals surface area contributed by atoms with Crippen LogP contribution in [0.5, 0.6) is 5.75 Å². The van der Waals surface area contributed by atoms with Crippen molar-refractivity contribution in [2.75, 3.05) is 13.2 Å². The third-order valence-electron chi connectivity index (χ3n) is 7.10. The molecule has 1 aliphatic rings. The zero-order valence-corrected chi connectivity index (χ0v) is 22.3. The average Bonchev–Trinajstić information content (AvgIpc) is 3.28. The molecule has 1 aliphatic heterocycles. The van der Waals surface area contributed by atoms with Gasteiger partial charge in [0.2, 0.25) is 11.5 Å². The van der Waals surface area contributed by atoms with Crippen molar-refractivity contribution in [1.29, 1.82) is 0 Å². The van der Waals surface area contributed by atoms with Gasteiger partial charge in [-0.25, -0.2) is 13.8 Å². The van der Waals surface area contributed by atoms with Gasteiger partial charge in [0.15, 0.2) is 0 Å². The molecule has 2 aromatic carbocycles. The summed E-state index contributed by atoms with van der Waals surface area (Å²) in [4.78, 5) is 33.1. The maximum Gasteiger partial charge on any atom is 0.424 e. The van der Waals surface area contributed by atoms with Crippen molar-refractivity contribution in [3.63, 3.8) is 0 Å². The second-order valence-corrected chi connectivity index (χ2v) is 10.4. The fourth-order valence-electron chi connectivity index (χ4n) is 4.56. The molecule has 0 aliphatic carbocycles. The molecule has 0 saturated heterocycles. The van der Waals surface area contributed by atoms with Crippen molar-refractivity contribution < 1.29 is 41.4 Å². The molecule has 2 unspecified atom stereocenters. The number of aromatic nitrogens is 2. The largest absolute Gasteiger partial charge is 0.489 e. The number of nitrogens with one attached hydrogen (secondary N) is 1. The Morgan fingerprint density at radius 1 is 1.14 bits per heavy atom. The first-order chi connectivity index (χ1) is 19.6. The first-order valence-electron chi connectivity index (χ1n) is 12.2. The third-order valence-corrected chi connectivity index (χ3v) is 7.30. The topological polar surface area (TPSA) is 127 Å². The number of carbonyl (C=O) groups excluding carboxylic acids is 2. The number of rotatable bonds is 6. The summed E-state index contributed by atoms with van der Waals surface area (Å²) < 4.78 is 77.4. The first-order valence-corrected chi connectivity index (χ1v) is 12.6. The Morgan fingerprint density at radius 3 is 2.48 bits per heavy atom. The summed E-state index contributed by atoms with van der Waals surface area (Å²) in [5.41, 5.74) is -1.52. The standard InChI is InChI=1S/C28H20ClF5N4O4/c1-26(25(35)40)12-42-23-18(26)9-20(38-22(23)13-2-4-17(30)5-3-13)27(41,28(32,33)34)11-37-24(39)15-6-14-7-16(29)10-36-21(14)19(31)8-15/h2-10,41H,11-12H2,1H3,(H2,35,40)(H,37,39). The second kappa shape index (κ2) is 10.2. The minimum atomic E-state index is -5.42.